The van der Waals surface area contributed by atoms with E-state index in [0.29, 0.717) is 49.4 Å². The third-order valence-corrected chi connectivity index (χ3v) is 20.8. The van der Waals surface area contributed by atoms with Crippen molar-refractivity contribution in [2.24, 2.45) is 63.1 Å². The van der Waals surface area contributed by atoms with Crippen molar-refractivity contribution in [3.05, 3.63) is 0 Å². The molecule has 32 N–H and O–H groups in total. The van der Waals surface area contributed by atoms with Gasteiger partial charge in [0.25, 0.3) is 0 Å². The van der Waals surface area contributed by atoms with E-state index in [1.54, 1.807) is 21.6 Å². The molecule has 7 aliphatic rings. The molecule has 5 heterocycles. The second-order valence-electron chi connectivity index (χ2n) is 22.7. The maximum Gasteiger partial charge on any atom is 0.187 e. The van der Waals surface area contributed by atoms with Gasteiger partial charge in [0.15, 0.2) is 31.5 Å². The van der Waals surface area contributed by atoms with E-state index in [-0.39, 0.29) is 50.4 Å². The third kappa shape index (κ3) is 18.5. The Morgan fingerprint density at radius 2 is 0.744 bits per heavy atom. The molecule has 504 valence electrons. The maximum absolute atomic E-state index is 11.8. The molecule has 5 saturated heterocycles. The number of thioether (sulfide) groups is 2. The van der Waals surface area contributed by atoms with Gasteiger partial charge >= 0.3 is 0 Å². The molecule has 0 bridgehead atoms. The predicted octanol–water partition coefficient (Wildman–Crippen LogP) is -11.3. The second-order valence-corrected chi connectivity index (χ2v) is 27.7. The number of aliphatic hydroxyl groups excluding tert-OH is 10. The second kappa shape index (κ2) is 35.0. The fourth-order valence-corrected chi connectivity index (χ4v) is 14.8. The zero-order valence-corrected chi connectivity index (χ0v) is 51.0. The Bertz CT molecular complexity index is 1970. The molecule has 2 saturated carbocycles. The lowest BCUT2D eigenvalue weighted by Crippen LogP contribution is -2.68. The summed E-state index contributed by atoms with van der Waals surface area (Å²) in [6, 6.07) is -7.67. The highest BCUT2D eigenvalue weighted by molar-refractivity contribution is 8.76. The average molecular weight is 1320 g/mol. The molecule has 0 spiro atoms. The van der Waals surface area contributed by atoms with Crippen molar-refractivity contribution in [2.45, 2.75) is 221 Å². The topological polar surface area (TPSA) is 599 Å². The first-order chi connectivity index (χ1) is 41.0. The van der Waals surface area contributed by atoms with E-state index >= 15 is 0 Å². The van der Waals surface area contributed by atoms with Gasteiger partial charge in [0.1, 0.15) is 85.5 Å². The lowest BCUT2D eigenvalue weighted by atomic mass is 9.84. The highest BCUT2D eigenvalue weighted by Gasteiger charge is 2.56. The van der Waals surface area contributed by atoms with Crippen molar-refractivity contribution in [3.63, 3.8) is 0 Å². The normalized spacial score (nSPS) is 47.8. The first-order valence-corrected chi connectivity index (χ1v) is 33.9. The highest BCUT2D eigenvalue weighted by Crippen LogP contribution is 2.37. The Morgan fingerprint density at radius 3 is 1.29 bits per heavy atom. The van der Waals surface area contributed by atoms with Gasteiger partial charge < -0.3 is 171 Å². The van der Waals surface area contributed by atoms with Crippen LogP contribution < -0.4 is 63.1 Å². The number of rotatable bonds is 30. The SMILES string of the molecule is NCC1O[C@@H](O[C@H]2C(N)C[C@@H](N)[C@H](O)C2O[C@@H]2O[C@H](CSCCOCCSSCCOCCSCC3O[C@@H](O[C@@H]4C(N)C[C@H](N)[C@@H](O[C@@H]5OC(CN)[C@H](O)C[C@H]5N)C4O)C(O)C(N)[C@H]3O)[C@H](OC3O[C@@H](CN)C(O)[C@H](O)[C@H]3N)C2O)[C@H](N)C(O)[C@H]1O. The van der Waals surface area contributed by atoms with Crippen molar-refractivity contribution in [1.82, 2.24) is 0 Å². The number of aliphatic hydroxyl groups is 10. The Hall–Kier alpha value is 0.0800. The summed E-state index contributed by atoms with van der Waals surface area (Å²) in [6.07, 6.45) is -30.3. The van der Waals surface area contributed by atoms with Crippen LogP contribution in [0.2, 0.25) is 0 Å². The van der Waals surface area contributed by atoms with Gasteiger partial charge in [-0.15, -0.1) is 0 Å². The molecule has 13 unspecified atom stereocenters. The zero-order chi connectivity index (χ0) is 62.7. The molecule has 2 aliphatic carbocycles. The minimum absolute atomic E-state index is 0.0224. The molecule has 7 rings (SSSR count). The van der Waals surface area contributed by atoms with Crippen molar-refractivity contribution in [1.29, 1.82) is 0 Å². The molecular weight excluding hydrogens is 1220 g/mol. The summed E-state index contributed by atoms with van der Waals surface area (Å²) < 4.78 is 72.2. The van der Waals surface area contributed by atoms with Crippen LogP contribution in [0.3, 0.4) is 0 Å². The van der Waals surface area contributed by atoms with Crippen molar-refractivity contribution < 1.29 is 108 Å². The molecule has 0 aromatic rings. The van der Waals surface area contributed by atoms with Crippen LogP contribution in [0.5, 0.6) is 0 Å². The van der Waals surface area contributed by atoms with Crippen LogP contribution in [0, 0.1) is 0 Å². The molecule has 0 aromatic heterocycles. The Morgan fingerprint density at radius 1 is 0.326 bits per heavy atom. The van der Waals surface area contributed by atoms with Gasteiger partial charge in [0.05, 0.1) is 87.2 Å². The van der Waals surface area contributed by atoms with Crippen LogP contribution in [0.15, 0.2) is 0 Å². The van der Waals surface area contributed by atoms with E-state index < -0.39 is 202 Å². The first kappa shape index (κ1) is 73.5. The quantitative estimate of drug-likeness (QED) is 0.0235. The Balaban J connectivity index is 0.794. The monoisotopic (exact) mass is 1320 g/mol. The number of nitrogens with two attached hydrogens (primary N) is 11. The summed E-state index contributed by atoms with van der Waals surface area (Å²) in [5.74, 6) is 2.97. The van der Waals surface area contributed by atoms with Gasteiger partial charge in [-0.3, -0.25) is 0 Å². The summed E-state index contributed by atoms with van der Waals surface area (Å²) in [5.41, 5.74) is 67.7. The Kier molecular flexibility index (Phi) is 29.9. The zero-order valence-electron chi connectivity index (χ0n) is 47.7. The van der Waals surface area contributed by atoms with Crippen molar-refractivity contribution >= 4 is 45.1 Å². The number of ether oxygens (including phenoxy) is 12. The molecule has 7 fully saturated rings. The minimum Gasteiger partial charge on any atom is -0.390 e. The molecular formula is C49H97N11O22S4. The lowest BCUT2D eigenvalue weighted by Gasteiger charge is -2.48. The van der Waals surface area contributed by atoms with Crippen LogP contribution in [-0.2, 0) is 56.8 Å². The van der Waals surface area contributed by atoms with E-state index in [9.17, 15) is 51.1 Å². The summed E-state index contributed by atoms with van der Waals surface area (Å²) in [6.45, 7) is 1.38. The van der Waals surface area contributed by atoms with Crippen LogP contribution >= 0.6 is 45.1 Å². The van der Waals surface area contributed by atoms with E-state index in [2.05, 4.69) is 0 Å². The van der Waals surface area contributed by atoms with Gasteiger partial charge in [0.2, 0.25) is 0 Å². The number of hydrogen-bond acceptors (Lipinski definition) is 37. The maximum atomic E-state index is 11.8. The highest BCUT2D eigenvalue weighted by atomic mass is 33.1. The fourth-order valence-electron chi connectivity index (χ4n) is 11.3. The number of hydrogen-bond donors (Lipinski definition) is 21. The first-order valence-electron chi connectivity index (χ1n) is 29.1. The standard InChI is InChI=1S/C49H97N11O22S4/c50-12-23-22(61)11-21(57)45(73-23)78-40-18(54)10-19(55)41(38(40)69)79-48-37(68)28(58)32(63)26(76-48)15-83-5-1-71-3-7-85-86-8-4-72-2-6-84-16-27-43(81-47-30(60)36(67)34(65)25(14-52)75-47)39(70)49(77-27)82-44-31(62)17(53)9-20(56)42(44)80-46-29(59)35(66)33(64)24(13-51)74-46/h17-49,61-70H,1-16,50-60H2/t17-,18+,19?,20?,21-,22-,23?,24?,25+,26?,27-,28?,29-,30-,31+,32+,33+,34?,35?,36-,37?,38?,39?,40-,41-,42+,43+,44?,45+,46+,47?,48+,49+/m1/s1. The van der Waals surface area contributed by atoms with Crippen LogP contribution in [0.25, 0.3) is 0 Å². The van der Waals surface area contributed by atoms with E-state index in [1.807, 2.05) is 0 Å². The molecule has 37 heteroatoms. The van der Waals surface area contributed by atoms with Gasteiger partial charge in [0, 0.05) is 78.3 Å². The summed E-state index contributed by atoms with van der Waals surface area (Å²) in [4.78, 5) is 0. The van der Waals surface area contributed by atoms with Gasteiger partial charge in [-0.05, 0) is 19.3 Å². The predicted molar refractivity (Wildman–Crippen MR) is 314 cm³/mol. The van der Waals surface area contributed by atoms with Gasteiger partial charge in [-0.1, -0.05) is 21.6 Å². The van der Waals surface area contributed by atoms with Crippen molar-refractivity contribution in [2.75, 3.05) is 80.6 Å². The van der Waals surface area contributed by atoms with Gasteiger partial charge in [-0.2, -0.15) is 23.5 Å². The summed E-state index contributed by atoms with van der Waals surface area (Å²) in [5, 5.41) is 109. The van der Waals surface area contributed by atoms with Gasteiger partial charge in [-0.25, -0.2) is 0 Å². The molecule has 33 nitrogen and oxygen atoms in total. The Labute approximate surface area is 515 Å². The molecule has 5 aliphatic heterocycles. The van der Waals surface area contributed by atoms with Crippen LogP contribution in [-0.4, -0.2) is 334 Å². The lowest BCUT2D eigenvalue weighted by molar-refractivity contribution is -0.309. The largest absolute Gasteiger partial charge is 0.390 e. The fraction of sp³-hybridized carbons (Fsp3) is 1.00. The van der Waals surface area contributed by atoms with E-state index in [0.717, 1.165) is 0 Å². The molecule has 0 amide bonds. The van der Waals surface area contributed by atoms with Crippen LogP contribution in [0.1, 0.15) is 19.3 Å². The summed E-state index contributed by atoms with van der Waals surface area (Å²) in [7, 11) is 3.24. The van der Waals surface area contributed by atoms with E-state index in [1.165, 1.54) is 23.5 Å². The molecule has 0 aromatic carbocycles. The van der Waals surface area contributed by atoms with E-state index in [4.69, 9.17) is 120 Å². The van der Waals surface area contributed by atoms with Crippen LogP contribution in [0.4, 0.5) is 0 Å². The smallest absolute Gasteiger partial charge is 0.187 e. The average Bonchev–Trinajstić information content (AvgIpc) is 2.28. The molecule has 86 heavy (non-hydrogen) atoms. The third-order valence-electron chi connectivity index (χ3n) is 16.4. The van der Waals surface area contributed by atoms with Crippen molar-refractivity contribution in [3.8, 4) is 0 Å². The molecule has 0 radical (unpaired) electrons. The summed E-state index contributed by atoms with van der Waals surface area (Å²) >= 11 is 2.87. The molecule has 33 atom stereocenters. The minimum atomic E-state index is -1.57.